The zero-order valence-corrected chi connectivity index (χ0v) is 20.3. The summed E-state index contributed by atoms with van der Waals surface area (Å²) >= 11 is 0. The van der Waals surface area contributed by atoms with Gasteiger partial charge in [-0.25, -0.2) is 4.79 Å². The highest BCUT2D eigenvalue weighted by Crippen LogP contribution is 2.27. The number of rotatable bonds is 7. The van der Waals surface area contributed by atoms with Crippen LogP contribution in [0.1, 0.15) is 36.8 Å². The molecule has 2 saturated heterocycles. The highest BCUT2D eigenvalue weighted by Gasteiger charge is 2.42. The Kier molecular flexibility index (Phi) is 8.00. The Morgan fingerprint density at radius 3 is 2.44 bits per heavy atom. The van der Waals surface area contributed by atoms with Gasteiger partial charge in [-0.05, 0) is 50.3 Å². The van der Waals surface area contributed by atoms with Gasteiger partial charge in [-0.3, -0.25) is 13.9 Å². The molecule has 7 nitrogen and oxygen atoms in total. The molecule has 2 aromatic rings. The van der Waals surface area contributed by atoms with Gasteiger partial charge in [-0.15, -0.1) is 0 Å². The molecule has 1 N–H and O–H groups in total. The van der Waals surface area contributed by atoms with E-state index in [2.05, 4.69) is 0 Å². The third-order valence-corrected chi connectivity index (χ3v) is 8.05. The molecule has 2 heterocycles. The van der Waals surface area contributed by atoms with Gasteiger partial charge in [-0.1, -0.05) is 48.0 Å². The summed E-state index contributed by atoms with van der Waals surface area (Å²) in [5.74, 6) is -0.0813. The molecule has 0 bridgehead atoms. The normalized spacial score (nSPS) is 21.9. The molecule has 8 heteroatoms. The van der Waals surface area contributed by atoms with Crippen LogP contribution in [0.5, 0.6) is 0 Å². The van der Waals surface area contributed by atoms with Gasteiger partial charge in [0.05, 0.1) is 28.7 Å². The molecule has 0 spiro atoms. The van der Waals surface area contributed by atoms with Crippen molar-refractivity contribution >= 4 is 22.8 Å². The van der Waals surface area contributed by atoms with Crippen molar-refractivity contribution in [3.05, 3.63) is 65.7 Å². The molecule has 4 atom stereocenters. The number of carbonyl (C=O) groups excluding carboxylic acids is 2. The maximum absolute atomic E-state index is 13.4. The summed E-state index contributed by atoms with van der Waals surface area (Å²) in [6.07, 6.45) is 1.35. The van der Waals surface area contributed by atoms with E-state index in [1.54, 1.807) is 4.90 Å². The van der Waals surface area contributed by atoms with Crippen LogP contribution in [-0.2, 0) is 26.9 Å². The number of amides is 2. The summed E-state index contributed by atoms with van der Waals surface area (Å²) < 4.78 is 18.2. The van der Waals surface area contributed by atoms with Crippen LogP contribution in [0.25, 0.3) is 0 Å². The van der Waals surface area contributed by atoms with E-state index in [1.807, 2.05) is 61.5 Å². The minimum Gasteiger partial charge on any atom is -0.445 e. The molecule has 2 aliphatic rings. The van der Waals surface area contributed by atoms with E-state index in [9.17, 15) is 18.9 Å². The first kappa shape index (κ1) is 24.4. The van der Waals surface area contributed by atoms with Crippen LogP contribution in [0, 0.1) is 6.92 Å². The van der Waals surface area contributed by atoms with E-state index < -0.39 is 35.1 Å². The lowest BCUT2D eigenvalue weighted by Gasteiger charge is -2.33. The SMILES string of the molecule is Cc1ccc([S@@](=O)C[C@@H](O)[C@@H]2CCCN2C(=O)[C@@H]2CCCN2C(=O)OCc2ccccc2)cc1. The van der Waals surface area contributed by atoms with Gasteiger partial charge >= 0.3 is 6.09 Å². The minimum absolute atomic E-state index is 0.0744. The fourth-order valence-corrected chi connectivity index (χ4v) is 5.92. The van der Waals surface area contributed by atoms with Crippen LogP contribution in [-0.4, -0.2) is 68.1 Å². The number of ether oxygens (including phenoxy) is 1. The van der Waals surface area contributed by atoms with Gasteiger partial charge in [0.25, 0.3) is 0 Å². The van der Waals surface area contributed by atoms with Gasteiger partial charge in [0.2, 0.25) is 5.91 Å². The Labute approximate surface area is 203 Å². The number of aliphatic hydroxyl groups excluding tert-OH is 1. The zero-order valence-electron chi connectivity index (χ0n) is 19.5. The summed E-state index contributed by atoms with van der Waals surface area (Å²) in [5, 5.41) is 10.9. The average Bonchev–Trinajstić information content (AvgIpc) is 3.53. The van der Waals surface area contributed by atoms with Crippen molar-refractivity contribution < 1.29 is 23.6 Å². The molecule has 0 saturated carbocycles. The van der Waals surface area contributed by atoms with Crippen molar-refractivity contribution in [1.29, 1.82) is 0 Å². The van der Waals surface area contributed by atoms with Crippen LogP contribution in [0.4, 0.5) is 4.79 Å². The fourth-order valence-electron chi connectivity index (χ4n) is 4.75. The molecule has 2 aliphatic heterocycles. The lowest BCUT2D eigenvalue weighted by molar-refractivity contribution is -0.138. The molecule has 34 heavy (non-hydrogen) atoms. The van der Waals surface area contributed by atoms with Crippen molar-refractivity contribution in [2.24, 2.45) is 0 Å². The summed E-state index contributed by atoms with van der Waals surface area (Å²) in [6.45, 7) is 3.13. The number of aryl methyl sites for hydroxylation is 1. The first-order chi connectivity index (χ1) is 16.4. The number of aliphatic hydroxyl groups is 1. The number of nitrogens with zero attached hydrogens (tertiary/aromatic N) is 2. The number of hydrogen-bond donors (Lipinski definition) is 1. The Hall–Kier alpha value is -2.71. The first-order valence-electron chi connectivity index (χ1n) is 11.8. The molecule has 4 rings (SSSR count). The third kappa shape index (κ3) is 5.67. The van der Waals surface area contributed by atoms with Crippen LogP contribution in [0.15, 0.2) is 59.5 Å². The van der Waals surface area contributed by atoms with Crippen molar-refractivity contribution in [2.75, 3.05) is 18.8 Å². The van der Waals surface area contributed by atoms with Gasteiger partial charge in [0, 0.05) is 18.0 Å². The van der Waals surface area contributed by atoms with E-state index >= 15 is 0 Å². The van der Waals surface area contributed by atoms with E-state index in [-0.39, 0.29) is 18.3 Å². The molecule has 182 valence electrons. The predicted molar refractivity (Wildman–Crippen MR) is 130 cm³/mol. The molecule has 0 aliphatic carbocycles. The van der Waals surface area contributed by atoms with Crippen LogP contribution in [0.3, 0.4) is 0 Å². The third-order valence-electron chi connectivity index (χ3n) is 6.61. The van der Waals surface area contributed by atoms with Crippen molar-refractivity contribution in [3.8, 4) is 0 Å². The van der Waals surface area contributed by atoms with Gasteiger partial charge < -0.3 is 14.7 Å². The Morgan fingerprint density at radius 2 is 1.71 bits per heavy atom. The zero-order chi connectivity index (χ0) is 24.1. The highest BCUT2D eigenvalue weighted by atomic mass is 32.2. The lowest BCUT2D eigenvalue weighted by Crippen LogP contribution is -2.52. The second-order valence-electron chi connectivity index (χ2n) is 9.03. The maximum atomic E-state index is 13.4. The molecule has 2 amide bonds. The van der Waals surface area contributed by atoms with Gasteiger partial charge in [0.15, 0.2) is 0 Å². The molecule has 0 radical (unpaired) electrons. The number of carbonyl (C=O) groups is 2. The largest absolute Gasteiger partial charge is 0.445 e. The molecule has 2 aromatic carbocycles. The summed E-state index contributed by atoms with van der Waals surface area (Å²) in [5.41, 5.74) is 1.97. The van der Waals surface area contributed by atoms with E-state index in [0.717, 1.165) is 24.0 Å². The van der Waals surface area contributed by atoms with Crippen LogP contribution < -0.4 is 0 Å². The average molecular weight is 485 g/mol. The van der Waals surface area contributed by atoms with Crippen LogP contribution >= 0.6 is 0 Å². The predicted octanol–water partition coefficient (Wildman–Crippen LogP) is 3.26. The Morgan fingerprint density at radius 1 is 1.03 bits per heavy atom. The summed E-state index contributed by atoms with van der Waals surface area (Å²) in [7, 11) is -1.36. The summed E-state index contributed by atoms with van der Waals surface area (Å²) in [4.78, 5) is 30.0. The highest BCUT2D eigenvalue weighted by molar-refractivity contribution is 7.85. The quantitative estimate of drug-likeness (QED) is 0.652. The van der Waals surface area contributed by atoms with E-state index in [1.165, 1.54) is 4.90 Å². The first-order valence-corrected chi connectivity index (χ1v) is 13.2. The lowest BCUT2D eigenvalue weighted by atomic mass is 10.1. The number of hydrogen-bond acceptors (Lipinski definition) is 5. The van der Waals surface area contributed by atoms with Crippen molar-refractivity contribution in [2.45, 2.75) is 62.3 Å². The second-order valence-corrected chi connectivity index (χ2v) is 10.5. The summed E-state index contributed by atoms with van der Waals surface area (Å²) in [6, 6.07) is 15.9. The smallest absolute Gasteiger partial charge is 0.410 e. The molecule has 0 aromatic heterocycles. The number of likely N-dealkylation sites (tertiary alicyclic amines) is 2. The van der Waals surface area contributed by atoms with Gasteiger partial charge in [-0.2, -0.15) is 0 Å². The van der Waals surface area contributed by atoms with E-state index in [4.69, 9.17) is 4.74 Å². The minimum atomic E-state index is -1.36. The van der Waals surface area contributed by atoms with E-state index in [0.29, 0.717) is 30.8 Å². The standard InChI is InChI=1S/C26H32N2O5S/c1-19-11-13-21(14-12-19)34(32)18-24(29)22-9-5-15-27(22)25(30)23-10-6-16-28(23)26(31)33-17-20-7-3-2-4-8-20/h2-4,7-8,11-14,22-24,29H,5-6,9-10,15-18H2,1H3/t22-,23-,24+,34-/m0/s1. The maximum Gasteiger partial charge on any atom is 0.410 e. The Bertz CT molecular complexity index is 1010. The Balaban J connectivity index is 1.37. The molecule has 2 fully saturated rings. The topological polar surface area (TPSA) is 87.2 Å². The monoisotopic (exact) mass is 484 g/mol. The van der Waals surface area contributed by atoms with Gasteiger partial charge in [0.1, 0.15) is 12.6 Å². The second kappa shape index (κ2) is 11.1. The molecular formula is C26H32N2O5S. The van der Waals surface area contributed by atoms with Crippen molar-refractivity contribution in [1.82, 2.24) is 9.80 Å². The molecule has 0 unspecified atom stereocenters. The van der Waals surface area contributed by atoms with Crippen LogP contribution in [0.2, 0.25) is 0 Å². The van der Waals surface area contributed by atoms with Crippen molar-refractivity contribution in [3.63, 3.8) is 0 Å². The fraction of sp³-hybridized carbons (Fsp3) is 0.462. The molecular weight excluding hydrogens is 452 g/mol. The number of benzene rings is 2.